The summed E-state index contributed by atoms with van der Waals surface area (Å²) in [5.41, 5.74) is 1.67. The molecule has 2 aromatic heterocycles. The third-order valence-electron chi connectivity index (χ3n) is 3.96. The lowest BCUT2D eigenvalue weighted by Crippen LogP contribution is -2.28. The fraction of sp³-hybridized carbons (Fsp3) is 0.235. The van der Waals surface area contributed by atoms with Gasteiger partial charge in [0.05, 0.1) is 17.8 Å². The molecule has 0 aliphatic carbocycles. The molecule has 1 amide bonds. The molecule has 0 radical (unpaired) electrons. The van der Waals surface area contributed by atoms with Gasteiger partial charge in [-0.1, -0.05) is 5.16 Å². The second-order valence-electron chi connectivity index (χ2n) is 5.70. The average molecular weight is 329 g/mol. The number of fused-ring (bicyclic) bond motifs is 1. The number of hydrogen-bond donors (Lipinski definition) is 1. The number of aryl methyl sites for hydroxylation is 2. The molecule has 0 aliphatic rings. The Morgan fingerprint density at radius 1 is 1.33 bits per heavy atom. The lowest BCUT2D eigenvalue weighted by molar-refractivity contribution is 0.0786. The van der Waals surface area contributed by atoms with Gasteiger partial charge in [-0.3, -0.25) is 9.59 Å². The molecule has 3 aromatic rings. The summed E-state index contributed by atoms with van der Waals surface area (Å²) in [4.78, 5) is 28.6. The molecule has 2 heterocycles. The number of carbonyl (C=O) groups is 1. The van der Waals surface area contributed by atoms with Gasteiger partial charge in [0.15, 0.2) is 0 Å². The molecule has 0 atom stereocenters. The van der Waals surface area contributed by atoms with Crippen LogP contribution in [0.5, 0.6) is 0 Å². The van der Waals surface area contributed by atoms with Crippen LogP contribution in [0.25, 0.3) is 10.9 Å². The van der Waals surface area contributed by atoms with E-state index in [-0.39, 0.29) is 18.0 Å². The minimum absolute atomic E-state index is 0.155. The monoisotopic (exact) mass is 329 g/mol. The molecule has 7 heteroatoms. The molecular weight excluding hydrogens is 313 g/mol. The average Bonchev–Trinajstić information content (AvgIpc) is 2.85. The zero-order valence-corrected chi connectivity index (χ0v) is 13.5. The van der Waals surface area contributed by atoms with Gasteiger partial charge < -0.3 is 14.4 Å². The van der Waals surface area contributed by atoms with E-state index in [1.54, 1.807) is 20.9 Å². The van der Waals surface area contributed by atoms with Crippen molar-refractivity contribution in [3.8, 4) is 0 Å². The largest absolute Gasteiger partial charge is 0.361 e. The van der Waals surface area contributed by atoms with Crippen molar-refractivity contribution < 1.29 is 13.7 Å². The molecule has 0 fully saturated rings. The van der Waals surface area contributed by atoms with Crippen LogP contribution < -0.4 is 5.56 Å². The molecule has 0 aliphatic heterocycles. The van der Waals surface area contributed by atoms with Crippen LogP contribution in [0.1, 0.15) is 27.4 Å². The van der Waals surface area contributed by atoms with E-state index in [4.69, 9.17) is 4.52 Å². The van der Waals surface area contributed by atoms with Gasteiger partial charge in [-0.2, -0.15) is 0 Å². The van der Waals surface area contributed by atoms with Crippen LogP contribution in [0.15, 0.2) is 33.6 Å². The molecule has 0 unspecified atom stereocenters. The molecule has 6 nitrogen and oxygen atoms in total. The number of pyridine rings is 1. The third-order valence-corrected chi connectivity index (χ3v) is 3.96. The van der Waals surface area contributed by atoms with Crippen LogP contribution in [-0.2, 0) is 6.54 Å². The van der Waals surface area contributed by atoms with Crippen LogP contribution in [0.3, 0.4) is 0 Å². The minimum atomic E-state index is -0.475. The van der Waals surface area contributed by atoms with E-state index in [0.29, 0.717) is 22.4 Å². The Hall–Kier alpha value is -2.96. The van der Waals surface area contributed by atoms with Crippen LogP contribution in [-0.4, -0.2) is 28.0 Å². The summed E-state index contributed by atoms with van der Waals surface area (Å²) < 4.78 is 18.6. The molecule has 0 bridgehead atoms. The number of rotatable bonds is 3. The molecule has 0 spiro atoms. The summed E-state index contributed by atoms with van der Waals surface area (Å²) >= 11 is 0. The standard InChI is InChI=1S/C17H16FN3O3/c1-9-14(10(2)24-20-9)8-21(3)17(23)13-7-16(22)19-15-5-4-11(18)6-12(13)15/h4-7H,8H2,1-3H3,(H,19,22). The highest BCUT2D eigenvalue weighted by atomic mass is 19.1. The maximum absolute atomic E-state index is 13.6. The minimum Gasteiger partial charge on any atom is -0.361 e. The Morgan fingerprint density at radius 3 is 2.75 bits per heavy atom. The van der Waals surface area contributed by atoms with E-state index in [0.717, 1.165) is 5.56 Å². The Labute approximate surface area is 136 Å². The van der Waals surface area contributed by atoms with Crippen molar-refractivity contribution in [2.75, 3.05) is 7.05 Å². The zero-order valence-electron chi connectivity index (χ0n) is 13.5. The van der Waals surface area contributed by atoms with Crippen molar-refractivity contribution in [2.24, 2.45) is 0 Å². The first kappa shape index (κ1) is 15.9. The number of hydrogen-bond acceptors (Lipinski definition) is 4. The molecule has 3 rings (SSSR count). The van der Waals surface area contributed by atoms with E-state index >= 15 is 0 Å². The van der Waals surface area contributed by atoms with Crippen LogP contribution in [0, 0.1) is 19.7 Å². The number of carbonyl (C=O) groups excluding carboxylic acids is 1. The molecule has 0 saturated heterocycles. The van der Waals surface area contributed by atoms with E-state index in [2.05, 4.69) is 10.1 Å². The number of nitrogens with one attached hydrogen (secondary N) is 1. The highest BCUT2D eigenvalue weighted by Crippen LogP contribution is 2.20. The molecule has 1 N–H and O–H groups in total. The van der Waals surface area contributed by atoms with Crippen LogP contribution >= 0.6 is 0 Å². The second-order valence-corrected chi connectivity index (χ2v) is 5.70. The van der Waals surface area contributed by atoms with Crippen molar-refractivity contribution >= 4 is 16.8 Å². The highest BCUT2D eigenvalue weighted by Gasteiger charge is 2.19. The van der Waals surface area contributed by atoms with Crippen molar-refractivity contribution in [3.05, 3.63) is 63.0 Å². The first-order valence-electron chi connectivity index (χ1n) is 7.36. The molecule has 0 saturated carbocycles. The van der Waals surface area contributed by atoms with Crippen molar-refractivity contribution in [1.29, 1.82) is 0 Å². The van der Waals surface area contributed by atoms with Crippen LogP contribution in [0.2, 0.25) is 0 Å². The Bertz CT molecular complexity index is 971. The number of benzene rings is 1. The van der Waals surface area contributed by atoms with Gasteiger partial charge in [-0.25, -0.2) is 4.39 Å². The Balaban J connectivity index is 2.02. The Kier molecular flexibility index (Phi) is 3.92. The topological polar surface area (TPSA) is 79.2 Å². The quantitative estimate of drug-likeness (QED) is 0.801. The highest BCUT2D eigenvalue weighted by molar-refractivity contribution is 6.05. The summed E-state index contributed by atoms with van der Waals surface area (Å²) in [7, 11) is 1.61. The summed E-state index contributed by atoms with van der Waals surface area (Å²) in [6.45, 7) is 3.84. The number of H-pyrrole nitrogens is 1. The molecule has 24 heavy (non-hydrogen) atoms. The van der Waals surface area contributed by atoms with Crippen LogP contribution in [0.4, 0.5) is 4.39 Å². The fourth-order valence-corrected chi connectivity index (χ4v) is 2.65. The van der Waals surface area contributed by atoms with E-state index in [1.807, 2.05) is 0 Å². The predicted molar refractivity (Wildman–Crippen MR) is 86.3 cm³/mol. The first-order valence-corrected chi connectivity index (χ1v) is 7.36. The van der Waals surface area contributed by atoms with Gasteiger partial charge in [-0.05, 0) is 32.0 Å². The summed E-state index contributed by atoms with van der Waals surface area (Å²) in [6, 6.07) is 5.10. The normalized spacial score (nSPS) is 11.0. The summed E-state index contributed by atoms with van der Waals surface area (Å²) in [5, 5.41) is 4.23. The Morgan fingerprint density at radius 2 is 2.08 bits per heavy atom. The number of nitrogens with zero attached hydrogens (tertiary/aromatic N) is 2. The molecular formula is C17H16FN3O3. The van der Waals surface area contributed by atoms with Gasteiger partial charge in [-0.15, -0.1) is 0 Å². The van der Waals surface area contributed by atoms with Crippen molar-refractivity contribution in [1.82, 2.24) is 15.0 Å². The number of aromatic amines is 1. The van der Waals surface area contributed by atoms with Gasteiger partial charge >= 0.3 is 0 Å². The molecule has 1 aromatic carbocycles. The fourth-order valence-electron chi connectivity index (χ4n) is 2.65. The van der Waals surface area contributed by atoms with Gasteiger partial charge in [0.2, 0.25) is 5.56 Å². The van der Waals surface area contributed by atoms with Gasteiger partial charge in [0.1, 0.15) is 11.6 Å². The van der Waals surface area contributed by atoms with Crippen molar-refractivity contribution in [2.45, 2.75) is 20.4 Å². The second kappa shape index (κ2) is 5.92. The van der Waals surface area contributed by atoms with Gasteiger partial charge in [0.25, 0.3) is 5.91 Å². The van der Waals surface area contributed by atoms with E-state index in [9.17, 15) is 14.0 Å². The maximum atomic E-state index is 13.6. The first-order chi connectivity index (χ1) is 11.4. The maximum Gasteiger partial charge on any atom is 0.254 e. The number of amides is 1. The third kappa shape index (κ3) is 2.80. The number of aromatic nitrogens is 2. The zero-order chi connectivity index (χ0) is 17.4. The lowest BCUT2D eigenvalue weighted by atomic mass is 10.1. The summed E-state index contributed by atoms with van der Waals surface area (Å²) in [5.74, 6) is -0.220. The van der Waals surface area contributed by atoms with Gasteiger partial charge in [0, 0.05) is 29.6 Å². The van der Waals surface area contributed by atoms with E-state index < -0.39 is 11.4 Å². The van der Waals surface area contributed by atoms with Crippen molar-refractivity contribution in [3.63, 3.8) is 0 Å². The molecule has 124 valence electrons. The smallest absolute Gasteiger partial charge is 0.254 e. The lowest BCUT2D eigenvalue weighted by Gasteiger charge is -2.18. The van der Waals surface area contributed by atoms with E-state index in [1.165, 1.54) is 29.2 Å². The number of halogens is 1. The SMILES string of the molecule is Cc1noc(C)c1CN(C)C(=O)c1cc(=O)[nH]c2ccc(F)cc12. The summed E-state index contributed by atoms with van der Waals surface area (Å²) in [6.07, 6.45) is 0. The predicted octanol–water partition coefficient (Wildman–Crippen LogP) is 2.54.